The molecule has 0 aliphatic carbocycles. The maximum atomic E-state index is 14.9. The highest BCUT2D eigenvalue weighted by atomic mass is 19.1. The molecule has 1 aromatic heterocycles. The van der Waals surface area contributed by atoms with E-state index >= 15 is 0 Å². The maximum absolute atomic E-state index is 14.9. The van der Waals surface area contributed by atoms with E-state index < -0.39 is 11.6 Å². The number of methoxy groups -OCH3 is 1. The van der Waals surface area contributed by atoms with Crippen molar-refractivity contribution in [1.82, 2.24) is 19.6 Å². The highest BCUT2D eigenvalue weighted by Crippen LogP contribution is 2.39. The number of carbonyl (C=O) groups is 1. The Labute approximate surface area is 229 Å². The number of aromatic nitrogens is 2. The molecule has 6 nitrogen and oxygen atoms in total. The first-order chi connectivity index (χ1) is 18.5. The Balaban J connectivity index is 1.32. The number of nitrogens with zero attached hydrogens (tertiary/aromatic N) is 4. The molecule has 0 N–H and O–H groups in total. The molecule has 2 aliphatic rings. The number of rotatable bonds is 5. The van der Waals surface area contributed by atoms with Crippen LogP contribution in [0.1, 0.15) is 62.4 Å². The summed E-state index contributed by atoms with van der Waals surface area (Å²) in [7, 11) is 1.65. The van der Waals surface area contributed by atoms with Gasteiger partial charge in [-0.25, -0.2) is 13.5 Å². The number of benzene rings is 2. The lowest BCUT2D eigenvalue weighted by Gasteiger charge is -2.35. The van der Waals surface area contributed by atoms with Crippen LogP contribution in [0, 0.1) is 24.5 Å². The van der Waals surface area contributed by atoms with Gasteiger partial charge in [-0.3, -0.25) is 9.69 Å². The summed E-state index contributed by atoms with van der Waals surface area (Å²) in [5.41, 5.74) is 3.35. The van der Waals surface area contributed by atoms with Crippen molar-refractivity contribution in [3.63, 3.8) is 0 Å². The van der Waals surface area contributed by atoms with Crippen molar-refractivity contribution in [3.8, 4) is 11.4 Å². The summed E-state index contributed by atoms with van der Waals surface area (Å²) in [6, 6.07) is 13.7. The van der Waals surface area contributed by atoms with Crippen molar-refractivity contribution in [2.45, 2.75) is 57.9 Å². The molecule has 2 atom stereocenters. The van der Waals surface area contributed by atoms with Gasteiger partial charge in [-0.2, -0.15) is 5.10 Å². The Morgan fingerprint density at radius 2 is 1.69 bits per heavy atom. The standard InChI is InChI=1S/C31H38F2N4O2/c1-20-16-29(37(34-20)23-7-9-24(39-5)10-8-23)21-12-14-35(15-13-21)30(38)27-19-36(31(2,3)4)18-26(27)25-11-6-22(32)17-28(25)33/h6-11,16-17,21,26-27H,12-15,18-19H2,1-5H3/t26-,27+/m0/s1. The quantitative estimate of drug-likeness (QED) is 0.421. The largest absolute Gasteiger partial charge is 0.497 e. The Kier molecular flexibility index (Phi) is 7.51. The molecule has 8 heteroatoms. The van der Waals surface area contributed by atoms with Crippen molar-refractivity contribution in [3.05, 3.63) is 77.1 Å². The summed E-state index contributed by atoms with van der Waals surface area (Å²) < 4.78 is 35.8. The predicted octanol–water partition coefficient (Wildman–Crippen LogP) is 5.69. The van der Waals surface area contributed by atoms with Gasteiger partial charge >= 0.3 is 0 Å². The number of likely N-dealkylation sites (tertiary alicyclic amines) is 2. The number of carbonyl (C=O) groups excluding carboxylic acids is 1. The van der Waals surface area contributed by atoms with Crippen LogP contribution < -0.4 is 4.74 Å². The molecule has 0 spiro atoms. The minimum atomic E-state index is -0.601. The Morgan fingerprint density at radius 1 is 1.00 bits per heavy atom. The molecule has 2 saturated heterocycles. The summed E-state index contributed by atoms with van der Waals surface area (Å²) >= 11 is 0. The first-order valence-electron chi connectivity index (χ1n) is 13.7. The molecule has 2 aromatic carbocycles. The fraction of sp³-hybridized carbons (Fsp3) is 0.484. The lowest BCUT2D eigenvalue weighted by Crippen LogP contribution is -2.44. The van der Waals surface area contributed by atoms with E-state index in [4.69, 9.17) is 9.84 Å². The van der Waals surface area contributed by atoms with E-state index in [0.717, 1.165) is 41.7 Å². The summed E-state index contributed by atoms with van der Waals surface area (Å²) in [4.78, 5) is 18.1. The monoisotopic (exact) mass is 536 g/mol. The van der Waals surface area contributed by atoms with Crippen molar-refractivity contribution in [2.24, 2.45) is 5.92 Å². The predicted molar refractivity (Wildman–Crippen MR) is 147 cm³/mol. The maximum Gasteiger partial charge on any atom is 0.227 e. The fourth-order valence-electron chi connectivity index (χ4n) is 6.09. The molecule has 0 saturated carbocycles. The number of amides is 1. The van der Waals surface area contributed by atoms with E-state index in [-0.39, 0.29) is 29.2 Å². The first-order valence-corrected chi connectivity index (χ1v) is 13.7. The third kappa shape index (κ3) is 5.57. The van der Waals surface area contributed by atoms with E-state index in [1.807, 2.05) is 40.8 Å². The first kappa shape index (κ1) is 27.3. The van der Waals surface area contributed by atoms with Gasteiger partial charge in [0.15, 0.2) is 0 Å². The summed E-state index contributed by atoms with van der Waals surface area (Å²) in [5, 5.41) is 4.75. The van der Waals surface area contributed by atoms with Crippen LogP contribution in [0.2, 0.25) is 0 Å². The van der Waals surface area contributed by atoms with Crippen LogP contribution in [0.5, 0.6) is 5.75 Å². The molecule has 2 aliphatic heterocycles. The normalized spacial score (nSPS) is 20.9. The van der Waals surface area contributed by atoms with Gasteiger partial charge in [-0.05, 0) is 82.5 Å². The highest BCUT2D eigenvalue weighted by Gasteiger charge is 2.44. The van der Waals surface area contributed by atoms with Gasteiger partial charge in [-0.1, -0.05) is 6.07 Å². The van der Waals surface area contributed by atoms with Gasteiger partial charge in [0.2, 0.25) is 5.91 Å². The third-order valence-corrected chi connectivity index (χ3v) is 8.35. The van der Waals surface area contributed by atoms with Crippen molar-refractivity contribution >= 4 is 5.91 Å². The number of halogens is 2. The molecule has 1 amide bonds. The van der Waals surface area contributed by atoms with Crippen LogP contribution in [0.3, 0.4) is 0 Å². The molecule has 3 heterocycles. The van der Waals surface area contributed by atoms with Crippen LogP contribution in [0.4, 0.5) is 8.78 Å². The van der Waals surface area contributed by atoms with Gasteiger partial charge in [0.1, 0.15) is 17.4 Å². The Morgan fingerprint density at radius 3 is 2.31 bits per heavy atom. The number of hydrogen-bond donors (Lipinski definition) is 0. The van der Waals surface area contributed by atoms with Crippen LogP contribution in [-0.4, -0.2) is 64.3 Å². The average molecular weight is 537 g/mol. The van der Waals surface area contributed by atoms with Crippen molar-refractivity contribution < 1.29 is 18.3 Å². The van der Waals surface area contributed by atoms with Crippen LogP contribution in [0.25, 0.3) is 5.69 Å². The van der Waals surface area contributed by atoms with Gasteiger partial charge < -0.3 is 9.64 Å². The lowest BCUT2D eigenvalue weighted by molar-refractivity contribution is -0.136. The Bertz CT molecular complexity index is 1320. The summed E-state index contributed by atoms with van der Waals surface area (Å²) in [6.45, 7) is 10.7. The molecule has 0 bridgehead atoms. The van der Waals surface area contributed by atoms with E-state index in [1.165, 1.54) is 12.1 Å². The van der Waals surface area contributed by atoms with Gasteiger partial charge in [0, 0.05) is 55.3 Å². The van der Waals surface area contributed by atoms with E-state index in [9.17, 15) is 13.6 Å². The Hall–Kier alpha value is -3.26. The van der Waals surface area contributed by atoms with E-state index in [2.05, 4.69) is 31.7 Å². The topological polar surface area (TPSA) is 50.6 Å². The molecule has 39 heavy (non-hydrogen) atoms. The average Bonchev–Trinajstić information content (AvgIpc) is 3.53. The second-order valence-electron chi connectivity index (χ2n) is 11.9. The number of aryl methyl sites for hydroxylation is 1. The molecule has 0 unspecified atom stereocenters. The molecule has 5 rings (SSSR count). The van der Waals surface area contributed by atoms with Gasteiger partial charge in [0.25, 0.3) is 0 Å². The summed E-state index contributed by atoms with van der Waals surface area (Å²) in [6.07, 6.45) is 1.66. The SMILES string of the molecule is COc1ccc(-n2nc(C)cc2C2CCN(C(=O)[C@@H]3CN(C(C)(C)C)C[C@H]3c3ccc(F)cc3F)CC2)cc1. The molecular weight excluding hydrogens is 498 g/mol. The molecule has 208 valence electrons. The second-order valence-corrected chi connectivity index (χ2v) is 11.9. The number of ether oxygens (including phenoxy) is 1. The molecule has 3 aromatic rings. The molecular formula is C31H38F2N4O2. The van der Waals surface area contributed by atoms with Crippen LogP contribution in [-0.2, 0) is 4.79 Å². The minimum Gasteiger partial charge on any atom is -0.497 e. The third-order valence-electron chi connectivity index (χ3n) is 8.35. The second kappa shape index (κ2) is 10.7. The van der Waals surface area contributed by atoms with Crippen LogP contribution in [0.15, 0.2) is 48.5 Å². The number of hydrogen-bond acceptors (Lipinski definition) is 4. The fourth-order valence-corrected chi connectivity index (χ4v) is 6.09. The zero-order valence-corrected chi connectivity index (χ0v) is 23.5. The molecule has 0 radical (unpaired) electrons. The van der Waals surface area contributed by atoms with Crippen LogP contribution >= 0.6 is 0 Å². The smallest absolute Gasteiger partial charge is 0.227 e. The van der Waals surface area contributed by atoms with Crippen molar-refractivity contribution in [1.29, 1.82) is 0 Å². The lowest BCUT2D eigenvalue weighted by atomic mass is 9.86. The zero-order chi connectivity index (χ0) is 27.9. The van der Waals surface area contributed by atoms with Crippen molar-refractivity contribution in [2.75, 3.05) is 33.3 Å². The van der Waals surface area contributed by atoms with Gasteiger partial charge in [-0.15, -0.1) is 0 Å². The summed E-state index contributed by atoms with van der Waals surface area (Å²) in [5.74, 6) is -0.717. The molecule has 2 fully saturated rings. The van der Waals surface area contributed by atoms with E-state index in [0.29, 0.717) is 31.7 Å². The van der Waals surface area contributed by atoms with Gasteiger partial charge in [0.05, 0.1) is 24.4 Å². The van der Waals surface area contributed by atoms with E-state index in [1.54, 1.807) is 7.11 Å². The number of piperidine rings is 1. The minimum absolute atomic E-state index is 0.0637. The highest BCUT2D eigenvalue weighted by molar-refractivity contribution is 5.81. The zero-order valence-electron chi connectivity index (χ0n) is 23.5.